The number of ether oxygens (including phenoxy) is 1. The summed E-state index contributed by atoms with van der Waals surface area (Å²) in [6.45, 7) is 0. The quantitative estimate of drug-likeness (QED) is 0.735. The number of likely N-dealkylation sites (N-methyl/N-ethyl adjacent to an activating group) is 1. The Kier molecular flexibility index (Phi) is 2.97. The van der Waals surface area contributed by atoms with Crippen LogP contribution in [0.4, 0.5) is 10.5 Å². The van der Waals surface area contributed by atoms with Gasteiger partial charge in [-0.15, -0.1) is 0 Å². The van der Waals surface area contributed by atoms with Gasteiger partial charge in [0.1, 0.15) is 5.71 Å². The Balaban J connectivity index is 2.57. The average molecular weight is 297 g/mol. The maximum atomic E-state index is 11.9. The third kappa shape index (κ3) is 1.95. The predicted molar refractivity (Wildman–Crippen MR) is 66.5 cm³/mol. The van der Waals surface area contributed by atoms with Crippen molar-refractivity contribution in [3.63, 3.8) is 0 Å². The normalized spacial score (nSPS) is 16.3. The number of hydrogen-bond acceptors (Lipinski definition) is 3. The van der Waals surface area contributed by atoms with E-state index in [1.807, 2.05) is 6.07 Å². The first-order valence-corrected chi connectivity index (χ1v) is 5.58. The zero-order valence-corrected chi connectivity index (χ0v) is 10.8. The fraction of sp³-hybridized carbons (Fsp3) is 0.182. The molecule has 1 aromatic rings. The van der Waals surface area contributed by atoms with Gasteiger partial charge in [-0.3, -0.25) is 4.79 Å². The maximum absolute atomic E-state index is 11.9. The highest BCUT2D eigenvalue weighted by atomic mass is 79.9. The third-order valence-electron chi connectivity index (χ3n) is 2.46. The van der Waals surface area contributed by atoms with Crippen molar-refractivity contribution in [2.24, 2.45) is 4.99 Å². The molecule has 0 saturated heterocycles. The SMILES string of the molecule is COC(=O)/N=C1/C(=O)N(C)c2ccc(Br)cc21. The topological polar surface area (TPSA) is 59.0 Å². The lowest BCUT2D eigenvalue weighted by molar-refractivity contribution is -0.111. The van der Waals surface area contributed by atoms with Gasteiger partial charge in [-0.25, -0.2) is 4.79 Å². The van der Waals surface area contributed by atoms with Crippen molar-refractivity contribution in [3.05, 3.63) is 28.2 Å². The first-order valence-electron chi connectivity index (χ1n) is 4.79. The van der Waals surface area contributed by atoms with E-state index in [1.165, 1.54) is 12.0 Å². The number of hydrogen-bond donors (Lipinski definition) is 0. The van der Waals surface area contributed by atoms with Gasteiger partial charge < -0.3 is 9.64 Å². The number of aliphatic imine (C=N–C) groups is 1. The minimum Gasteiger partial charge on any atom is -0.451 e. The number of anilines is 1. The van der Waals surface area contributed by atoms with Crippen LogP contribution in [0.25, 0.3) is 0 Å². The summed E-state index contributed by atoms with van der Waals surface area (Å²) in [5.41, 5.74) is 1.45. The Morgan fingerprint density at radius 3 is 2.82 bits per heavy atom. The molecular weight excluding hydrogens is 288 g/mol. The summed E-state index contributed by atoms with van der Waals surface area (Å²) in [6, 6.07) is 5.36. The Morgan fingerprint density at radius 2 is 2.18 bits per heavy atom. The maximum Gasteiger partial charge on any atom is 0.434 e. The molecule has 0 bridgehead atoms. The van der Waals surface area contributed by atoms with E-state index in [9.17, 15) is 9.59 Å². The molecule has 0 saturated carbocycles. The lowest BCUT2D eigenvalue weighted by atomic mass is 10.1. The van der Waals surface area contributed by atoms with E-state index in [-0.39, 0.29) is 11.6 Å². The monoisotopic (exact) mass is 296 g/mol. The average Bonchev–Trinajstić information content (AvgIpc) is 2.54. The minimum absolute atomic E-state index is 0.107. The van der Waals surface area contributed by atoms with Crippen LogP contribution < -0.4 is 4.90 Å². The number of benzene rings is 1. The Bertz CT molecular complexity index is 540. The fourth-order valence-electron chi connectivity index (χ4n) is 1.62. The highest BCUT2D eigenvalue weighted by Gasteiger charge is 2.32. The van der Waals surface area contributed by atoms with Crippen LogP contribution in [0.2, 0.25) is 0 Å². The van der Waals surface area contributed by atoms with Gasteiger partial charge in [0.15, 0.2) is 0 Å². The van der Waals surface area contributed by atoms with E-state index in [0.29, 0.717) is 5.56 Å². The summed E-state index contributed by atoms with van der Waals surface area (Å²) < 4.78 is 5.25. The molecule has 0 aromatic heterocycles. The standard InChI is InChI=1S/C11H9BrN2O3/c1-14-8-4-3-6(12)5-7(8)9(10(14)15)13-11(16)17-2/h3-5H,1-2H3/b13-9+. The van der Waals surface area contributed by atoms with Crippen molar-refractivity contribution in [2.75, 3.05) is 19.1 Å². The molecule has 1 aliphatic rings. The molecule has 0 unspecified atom stereocenters. The molecule has 1 aromatic carbocycles. The van der Waals surface area contributed by atoms with Crippen LogP contribution in [0, 0.1) is 0 Å². The molecular formula is C11H9BrN2O3. The summed E-state index contributed by atoms with van der Waals surface area (Å²) in [4.78, 5) is 28.1. The molecule has 2 amide bonds. The lowest BCUT2D eigenvalue weighted by Crippen LogP contribution is -2.26. The Labute approximate surface area is 106 Å². The van der Waals surface area contributed by atoms with Gasteiger partial charge in [-0.05, 0) is 18.2 Å². The van der Waals surface area contributed by atoms with E-state index in [1.54, 1.807) is 19.2 Å². The van der Waals surface area contributed by atoms with Crippen LogP contribution >= 0.6 is 15.9 Å². The van der Waals surface area contributed by atoms with Gasteiger partial charge >= 0.3 is 6.09 Å². The predicted octanol–water partition coefficient (Wildman–Crippen LogP) is 1.98. The van der Waals surface area contributed by atoms with Crippen molar-refractivity contribution in [2.45, 2.75) is 0 Å². The molecule has 6 heteroatoms. The van der Waals surface area contributed by atoms with Crippen LogP contribution in [0.5, 0.6) is 0 Å². The summed E-state index contributed by atoms with van der Waals surface area (Å²) in [5, 5.41) is 0. The number of nitrogens with zero attached hydrogens (tertiary/aromatic N) is 2. The second-order valence-electron chi connectivity index (χ2n) is 3.46. The molecule has 0 N–H and O–H groups in total. The highest BCUT2D eigenvalue weighted by molar-refractivity contribution is 9.10. The molecule has 0 atom stereocenters. The second kappa shape index (κ2) is 4.29. The van der Waals surface area contributed by atoms with Crippen LogP contribution in [0.15, 0.2) is 27.7 Å². The van der Waals surface area contributed by atoms with E-state index in [2.05, 4.69) is 25.7 Å². The van der Waals surface area contributed by atoms with Gasteiger partial charge in [0.2, 0.25) is 0 Å². The van der Waals surface area contributed by atoms with Crippen LogP contribution in [0.1, 0.15) is 5.56 Å². The van der Waals surface area contributed by atoms with E-state index in [4.69, 9.17) is 0 Å². The van der Waals surface area contributed by atoms with Crippen molar-refractivity contribution in [3.8, 4) is 0 Å². The van der Waals surface area contributed by atoms with E-state index in [0.717, 1.165) is 10.2 Å². The van der Waals surface area contributed by atoms with Crippen molar-refractivity contribution in [1.29, 1.82) is 0 Å². The third-order valence-corrected chi connectivity index (χ3v) is 2.95. The van der Waals surface area contributed by atoms with Crippen molar-refractivity contribution in [1.82, 2.24) is 0 Å². The van der Waals surface area contributed by atoms with Crippen LogP contribution in [0.3, 0.4) is 0 Å². The fourth-order valence-corrected chi connectivity index (χ4v) is 1.98. The first kappa shape index (κ1) is 11.8. The summed E-state index contributed by atoms with van der Waals surface area (Å²) in [7, 11) is 2.85. The van der Waals surface area contributed by atoms with Gasteiger partial charge in [-0.2, -0.15) is 4.99 Å². The van der Waals surface area contributed by atoms with Crippen molar-refractivity contribution >= 4 is 39.3 Å². The summed E-state index contributed by atoms with van der Waals surface area (Å²) >= 11 is 3.31. The molecule has 88 valence electrons. The largest absolute Gasteiger partial charge is 0.451 e. The van der Waals surface area contributed by atoms with Crippen LogP contribution in [-0.4, -0.2) is 31.9 Å². The highest BCUT2D eigenvalue weighted by Crippen LogP contribution is 2.30. The number of methoxy groups -OCH3 is 1. The van der Waals surface area contributed by atoms with Crippen LogP contribution in [-0.2, 0) is 9.53 Å². The smallest absolute Gasteiger partial charge is 0.434 e. The number of carbonyl (C=O) groups excluding carboxylic acids is 2. The number of halogens is 1. The zero-order valence-electron chi connectivity index (χ0n) is 9.23. The molecule has 17 heavy (non-hydrogen) atoms. The zero-order chi connectivity index (χ0) is 12.6. The lowest BCUT2D eigenvalue weighted by Gasteiger charge is -2.07. The molecule has 5 nitrogen and oxygen atoms in total. The number of carbonyl (C=O) groups is 2. The van der Waals surface area contributed by atoms with Gasteiger partial charge in [-0.1, -0.05) is 15.9 Å². The number of fused-ring (bicyclic) bond motifs is 1. The van der Waals surface area contributed by atoms with E-state index < -0.39 is 6.09 Å². The molecule has 2 rings (SSSR count). The molecule has 0 radical (unpaired) electrons. The number of amides is 2. The number of rotatable bonds is 0. The first-order chi connectivity index (χ1) is 8.04. The Morgan fingerprint density at radius 1 is 1.47 bits per heavy atom. The summed E-state index contributed by atoms with van der Waals surface area (Å²) in [5.74, 6) is -0.316. The second-order valence-corrected chi connectivity index (χ2v) is 4.37. The van der Waals surface area contributed by atoms with Gasteiger partial charge in [0, 0.05) is 17.1 Å². The van der Waals surface area contributed by atoms with Gasteiger partial charge in [0.05, 0.1) is 12.8 Å². The molecule has 0 aliphatic carbocycles. The molecule has 1 heterocycles. The minimum atomic E-state index is -0.783. The molecule has 0 fully saturated rings. The molecule has 0 spiro atoms. The van der Waals surface area contributed by atoms with Gasteiger partial charge in [0.25, 0.3) is 5.91 Å². The van der Waals surface area contributed by atoms with E-state index >= 15 is 0 Å². The molecule has 1 aliphatic heterocycles. The van der Waals surface area contributed by atoms with Crippen molar-refractivity contribution < 1.29 is 14.3 Å². The Hall–Kier alpha value is -1.69. The summed E-state index contributed by atoms with van der Waals surface area (Å²) in [6.07, 6.45) is -0.783.